The van der Waals surface area contributed by atoms with E-state index in [4.69, 9.17) is 4.42 Å². The van der Waals surface area contributed by atoms with Gasteiger partial charge in [0, 0.05) is 0 Å². The Labute approximate surface area is 74.1 Å². The fourth-order valence-electron chi connectivity index (χ4n) is 0.654. The fraction of sp³-hybridized carbons (Fsp3) is 0.429. The zero-order chi connectivity index (χ0) is 7.40. The summed E-state index contributed by atoms with van der Waals surface area (Å²) in [4.78, 5) is 0. The molecule has 0 amide bonds. The van der Waals surface area contributed by atoms with Crippen LogP contribution in [-0.2, 0) is 6.54 Å². The lowest BCUT2D eigenvalue weighted by molar-refractivity contribution is 0.485. The summed E-state index contributed by atoms with van der Waals surface area (Å²) in [5.74, 6) is 0.989. The van der Waals surface area contributed by atoms with Gasteiger partial charge < -0.3 is 4.42 Å². The minimum atomic E-state index is 0.489. The second kappa shape index (κ2) is 3.98. The van der Waals surface area contributed by atoms with Gasteiger partial charge in [-0.3, -0.25) is 5.32 Å². The minimum absolute atomic E-state index is 0.489. The second-order valence-corrected chi connectivity index (χ2v) is 3.94. The predicted molar refractivity (Wildman–Crippen MR) is 49.0 cm³/mol. The van der Waals surface area contributed by atoms with Crippen molar-refractivity contribution in [1.29, 1.82) is 0 Å². The lowest BCUT2D eigenvalue weighted by Gasteiger charge is -2.02. The maximum Gasteiger partial charge on any atom is 0.117 e. The number of alkyl halides is 1. The van der Waals surface area contributed by atoms with Crippen molar-refractivity contribution in [2.24, 2.45) is 0 Å². The number of furan rings is 1. The highest BCUT2D eigenvalue weighted by Crippen LogP contribution is 2.01. The molecule has 1 rings (SSSR count). The van der Waals surface area contributed by atoms with E-state index in [1.165, 1.54) is 0 Å². The Hall–Kier alpha value is -0.0300. The molecule has 0 aromatic carbocycles. The molecule has 0 aliphatic rings. The first-order valence-corrected chi connectivity index (χ1v) is 4.43. The van der Waals surface area contributed by atoms with Crippen LogP contribution in [0.25, 0.3) is 0 Å². The van der Waals surface area contributed by atoms with Crippen LogP contribution in [0.1, 0.15) is 12.7 Å². The molecule has 0 fully saturated rings. The van der Waals surface area contributed by atoms with Crippen LogP contribution in [0.4, 0.5) is 0 Å². The van der Waals surface area contributed by atoms with Crippen LogP contribution in [0.15, 0.2) is 22.8 Å². The van der Waals surface area contributed by atoms with E-state index in [1.807, 2.05) is 12.1 Å². The van der Waals surface area contributed by atoms with Gasteiger partial charge in [-0.25, -0.2) is 0 Å². The van der Waals surface area contributed by atoms with E-state index in [9.17, 15) is 0 Å². The summed E-state index contributed by atoms with van der Waals surface area (Å²) in [6.07, 6.45) is 1.69. The first-order valence-electron chi connectivity index (χ1n) is 3.19. The molecule has 0 bridgehead atoms. The Morgan fingerprint density at radius 1 is 1.80 bits per heavy atom. The van der Waals surface area contributed by atoms with Gasteiger partial charge in [-0.1, -0.05) is 22.6 Å². The summed E-state index contributed by atoms with van der Waals surface area (Å²) >= 11 is 2.31. The molecule has 0 saturated carbocycles. The molecule has 0 aliphatic heterocycles. The van der Waals surface area contributed by atoms with Gasteiger partial charge in [-0.05, 0) is 19.1 Å². The van der Waals surface area contributed by atoms with Crippen molar-refractivity contribution >= 4 is 22.6 Å². The lowest BCUT2D eigenvalue weighted by Crippen LogP contribution is -2.18. The van der Waals surface area contributed by atoms with Crippen molar-refractivity contribution in [3.05, 3.63) is 24.2 Å². The van der Waals surface area contributed by atoms with E-state index >= 15 is 0 Å². The normalized spacial score (nSPS) is 13.4. The zero-order valence-corrected chi connectivity index (χ0v) is 7.96. The molecule has 3 heteroatoms. The molecule has 0 saturated heterocycles. The average Bonchev–Trinajstić information content (AvgIpc) is 2.34. The quantitative estimate of drug-likeness (QED) is 0.506. The van der Waals surface area contributed by atoms with E-state index < -0.39 is 0 Å². The molecule has 1 atom stereocenters. The SMILES string of the molecule is CC(I)NCc1ccco1. The van der Waals surface area contributed by atoms with E-state index in [0.717, 1.165) is 12.3 Å². The van der Waals surface area contributed by atoms with E-state index in [1.54, 1.807) is 6.26 Å². The van der Waals surface area contributed by atoms with Gasteiger partial charge in [-0.2, -0.15) is 0 Å². The molecule has 1 unspecified atom stereocenters. The standard InChI is InChI=1S/C7H10INO/c1-6(8)9-5-7-3-2-4-10-7/h2-4,6,9H,5H2,1H3. The van der Waals surface area contributed by atoms with Gasteiger partial charge >= 0.3 is 0 Å². The molecule has 1 aromatic heterocycles. The first-order chi connectivity index (χ1) is 4.79. The Kier molecular flexibility index (Phi) is 3.21. The van der Waals surface area contributed by atoms with Crippen LogP contribution in [0.5, 0.6) is 0 Å². The van der Waals surface area contributed by atoms with Crippen molar-refractivity contribution in [3.8, 4) is 0 Å². The predicted octanol–water partition coefficient (Wildman–Crippen LogP) is 2.15. The molecular formula is C7H10INO. The van der Waals surface area contributed by atoms with Crippen LogP contribution in [0.2, 0.25) is 0 Å². The van der Waals surface area contributed by atoms with Gasteiger partial charge in [0.05, 0.1) is 16.9 Å². The molecule has 0 radical (unpaired) electrons. The monoisotopic (exact) mass is 251 g/mol. The van der Waals surface area contributed by atoms with Crippen molar-refractivity contribution in [3.63, 3.8) is 0 Å². The van der Waals surface area contributed by atoms with Gasteiger partial charge in [0.25, 0.3) is 0 Å². The number of halogens is 1. The topological polar surface area (TPSA) is 25.2 Å². The highest BCUT2D eigenvalue weighted by atomic mass is 127. The first kappa shape index (κ1) is 8.07. The van der Waals surface area contributed by atoms with E-state index in [-0.39, 0.29) is 0 Å². The molecule has 1 aromatic rings. The van der Waals surface area contributed by atoms with Gasteiger partial charge in [0.2, 0.25) is 0 Å². The van der Waals surface area contributed by atoms with Crippen molar-refractivity contribution in [2.45, 2.75) is 17.5 Å². The highest BCUT2D eigenvalue weighted by molar-refractivity contribution is 14.1. The average molecular weight is 251 g/mol. The Balaban J connectivity index is 2.28. The molecule has 1 heterocycles. The fourth-order valence-corrected chi connectivity index (χ4v) is 0.875. The van der Waals surface area contributed by atoms with E-state index in [2.05, 4.69) is 34.8 Å². The summed E-state index contributed by atoms with van der Waals surface area (Å²) in [6, 6.07) is 3.86. The Morgan fingerprint density at radius 2 is 2.60 bits per heavy atom. The summed E-state index contributed by atoms with van der Waals surface area (Å²) in [5.41, 5.74) is 0. The molecule has 56 valence electrons. The molecule has 1 N–H and O–H groups in total. The minimum Gasteiger partial charge on any atom is -0.468 e. The third-order valence-electron chi connectivity index (χ3n) is 1.14. The summed E-state index contributed by atoms with van der Waals surface area (Å²) < 4.78 is 5.61. The number of nitrogens with one attached hydrogen (secondary N) is 1. The maximum atomic E-state index is 5.12. The lowest BCUT2D eigenvalue weighted by atomic mass is 10.4. The number of hydrogen-bond acceptors (Lipinski definition) is 2. The summed E-state index contributed by atoms with van der Waals surface area (Å²) in [5, 5.41) is 3.24. The zero-order valence-electron chi connectivity index (χ0n) is 5.80. The Bertz CT molecular complexity index is 172. The smallest absolute Gasteiger partial charge is 0.117 e. The molecule has 10 heavy (non-hydrogen) atoms. The third kappa shape index (κ3) is 2.70. The van der Waals surface area contributed by atoms with Gasteiger partial charge in [-0.15, -0.1) is 0 Å². The van der Waals surface area contributed by atoms with Crippen LogP contribution < -0.4 is 5.32 Å². The molecule has 0 spiro atoms. The van der Waals surface area contributed by atoms with Gasteiger partial charge in [0.1, 0.15) is 5.76 Å². The maximum absolute atomic E-state index is 5.12. The number of hydrogen-bond donors (Lipinski definition) is 1. The van der Waals surface area contributed by atoms with Crippen molar-refractivity contribution in [1.82, 2.24) is 5.32 Å². The molecule has 0 aliphatic carbocycles. The molecule has 2 nitrogen and oxygen atoms in total. The summed E-state index contributed by atoms with van der Waals surface area (Å²) in [6.45, 7) is 2.92. The van der Waals surface area contributed by atoms with Gasteiger partial charge in [0.15, 0.2) is 0 Å². The highest BCUT2D eigenvalue weighted by Gasteiger charge is 1.96. The van der Waals surface area contributed by atoms with Crippen LogP contribution in [-0.4, -0.2) is 4.05 Å². The second-order valence-electron chi connectivity index (χ2n) is 2.08. The largest absolute Gasteiger partial charge is 0.468 e. The Morgan fingerprint density at radius 3 is 3.10 bits per heavy atom. The van der Waals surface area contributed by atoms with E-state index in [0.29, 0.717) is 4.05 Å². The van der Waals surface area contributed by atoms with Crippen molar-refractivity contribution < 1.29 is 4.42 Å². The van der Waals surface area contributed by atoms with Crippen LogP contribution >= 0.6 is 22.6 Å². The van der Waals surface area contributed by atoms with Crippen LogP contribution in [0, 0.1) is 0 Å². The van der Waals surface area contributed by atoms with Crippen LogP contribution in [0.3, 0.4) is 0 Å². The third-order valence-corrected chi connectivity index (χ3v) is 1.58. The summed E-state index contributed by atoms with van der Waals surface area (Å²) in [7, 11) is 0. The number of rotatable bonds is 3. The molecular weight excluding hydrogens is 241 g/mol. The van der Waals surface area contributed by atoms with Crippen molar-refractivity contribution in [2.75, 3.05) is 0 Å².